The third-order valence-electron chi connectivity index (χ3n) is 2.20. The van der Waals surface area contributed by atoms with Gasteiger partial charge in [0.15, 0.2) is 11.5 Å². The first-order valence-electron chi connectivity index (χ1n) is 5.01. The van der Waals surface area contributed by atoms with Gasteiger partial charge in [0.05, 0.1) is 0 Å². The van der Waals surface area contributed by atoms with Crippen LogP contribution in [0.2, 0.25) is 5.02 Å². The van der Waals surface area contributed by atoms with Gasteiger partial charge in [-0.15, -0.1) is 0 Å². The van der Waals surface area contributed by atoms with E-state index in [4.69, 9.17) is 16.7 Å². The molecule has 0 spiro atoms. The Labute approximate surface area is 108 Å². The molecule has 0 saturated carbocycles. The summed E-state index contributed by atoms with van der Waals surface area (Å²) in [7, 11) is 0. The zero-order valence-electron chi connectivity index (χ0n) is 9.09. The van der Waals surface area contributed by atoms with Gasteiger partial charge < -0.3 is 15.5 Å². The summed E-state index contributed by atoms with van der Waals surface area (Å²) in [6, 6.07) is 6.86. The Kier molecular flexibility index (Phi) is 3.34. The number of phenolic OH excluding ortho intramolecular Hbond substituents is 2. The van der Waals surface area contributed by atoms with Gasteiger partial charge in [0.1, 0.15) is 5.82 Å². The molecule has 1 amide bonds. The molecule has 0 aliphatic carbocycles. The summed E-state index contributed by atoms with van der Waals surface area (Å²) in [6.45, 7) is 0. The predicted octanol–water partition coefficient (Wildman–Crippen LogP) is 2.40. The number of aromatic hydroxyl groups is 2. The molecule has 92 valence electrons. The zero-order valence-corrected chi connectivity index (χ0v) is 9.85. The number of phenols is 2. The lowest BCUT2D eigenvalue weighted by Crippen LogP contribution is -2.12. The van der Waals surface area contributed by atoms with Gasteiger partial charge in [-0.2, -0.15) is 0 Å². The van der Waals surface area contributed by atoms with Crippen LogP contribution in [-0.4, -0.2) is 21.1 Å². The van der Waals surface area contributed by atoms with Crippen LogP contribution >= 0.6 is 11.6 Å². The predicted molar refractivity (Wildman–Crippen MR) is 67.0 cm³/mol. The third-order valence-corrected chi connectivity index (χ3v) is 2.44. The smallest absolute Gasteiger partial charge is 0.256 e. The summed E-state index contributed by atoms with van der Waals surface area (Å²) < 4.78 is 0. The molecular formula is C12H9ClN2O3. The Morgan fingerprint density at radius 2 is 1.94 bits per heavy atom. The monoisotopic (exact) mass is 264 g/mol. The van der Waals surface area contributed by atoms with E-state index in [0.29, 0.717) is 10.8 Å². The average molecular weight is 265 g/mol. The summed E-state index contributed by atoms with van der Waals surface area (Å²) in [5, 5.41) is 21.4. The minimum atomic E-state index is -0.458. The number of nitrogens with zero attached hydrogens (tertiary/aromatic N) is 1. The number of carbonyl (C=O) groups excluding carboxylic acids is 1. The second-order valence-corrected chi connectivity index (χ2v) is 3.95. The maximum atomic E-state index is 11.8. The molecule has 0 aliphatic heterocycles. The van der Waals surface area contributed by atoms with Crippen LogP contribution in [0.15, 0.2) is 36.5 Å². The quantitative estimate of drug-likeness (QED) is 0.728. The second kappa shape index (κ2) is 4.93. The first-order valence-corrected chi connectivity index (χ1v) is 5.39. The van der Waals surface area contributed by atoms with Gasteiger partial charge in [0.2, 0.25) is 0 Å². The number of carbonyl (C=O) groups is 1. The van der Waals surface area contributed by atoms with E-state index in [9.17, 15) is 9.90 Å². The van der Waals surface area contributed by atoms with Crippen molar-refractivity contribution in [2.45, 2.75) is 0 Å². The van der Waals surface area contributed by atoms with Gasteiger partial charge >= 0.3 is 0 Å². The first kappa shape index (κ1) is 12.2. The molecule has 0 aliphatic rings. The topological polar surface area (TPSA) is 82.5 Å². The summed E-state index contributed by atoms with van der Waals surface area (Å²) in [4.78, 5) is 15.7. The number of amides is 1. The number of hydrogen-bond donors (Lipinski definition) is 3. The fraction of sp³-hybridized carbons (Fsp3) is 0. The van der Waals surface area contributed by atoms with Crippen molar-refractivity contribution in [3.05, 3.63) is 47.1 Å². The number of rotatable bonds is 2. The molecule has 6 heteroatoms. The number of pyridine rings is 1. The second-order valence-electron chi connectivity index (χ2n) is 3.52. The summed E-state index contributed by atoms with van der Waals surface area (Å²) in [5.41, 5.74) is 0.201. The largest absolute Gasteiger partial charge is 0.504 e. The Bertz CT molecular complexity index is 602. The molecule has 1 aromatic heterocycles. The van der Waals surface area contributed by atoms with Crippen LogP contribution in [0.3, 0.4) is 0 Å². The molecule has 5 nitrogen and oxygen atoms in total. The molecule has 0 bridgehead atoms. The molecule has 3 N–H and O–H groups in total. The molecule has 0 radical (unpaired) electrons. The maximum Gasteiger partial charge on any atom is 0.256 e. The van der Waals surface area contributed by atoms with Crippen molar-refractivity contribution in [1.29, 1.82) is 0 Å². The SMILES string of the molecule is O=C(Nc1cc(Cl)ccn1)c1ccc(O)c(O)c1. The minimum Gasteiger partial charge on any atom is -0.504 e. The van der Waals surface area contributed by atoms with Crippen molar-refractivity contribution in [2.24, 2.45) is 0 Å². The van der Waals surface area contributed by atoms with Crippen LogP contribution in [-0.2, 0) is 0 Å². The lowest BCUT2D eigenvalue weighted by Gasteiger charge is -2.05. The number of hydrogen-bond acceptors (Lipinski definition) is 4. The van der Waals surface area contributed by atoms with E-state index in [1.165, 1.54) is 24.4 Å². The third kappa shape index (κ3) is 2.70. The van der Waals surface area contributed by atoms with E-state index in [-0.39, 0.29) is 17.1 Å². The van der Waals surface area contributed by atoms with Gasteiger partial charge in [0, 0.05) is 16.8 Å². The fourth-order valence-electron chi connectivity index (χ4n) is 1.33. The Morgan fingerprint density at radius 1 is 1.17 bits per heavy atom. The Balaban J connectivity index is 2.19. The highest BCUT2D eigenvalue weighted by Crippen LogP contribution is 2.25. The molecule has 0 atom stereocenters. The highest BCUT2D eigenvalue weighted by molar-refractivity contribution is 6.30. The van der Waals surface area contributed by atoms with Crippen LogP contribution in [0.1, 0.15) is 10.4 Å². The van der Waals surface area contributed by atoms with E-state index in [1.54, 1.807) is 6.07 Å². The lowest BCUT2D eigenvalue weighted by atomic mass is 10.2. The van der Waals surface area contributed by atoms with Gasteiger partial charge in [-0.25, -0.2) is 4.98 Å². The van der Waals surface area contributed by atoms with Crippen molar-refractivity contribution < 1.29 is 15.0 Å². The maximum absolute atomic E-state index is 11.8. The lowest BCUT2D eigenvalue weighted by molar-refractivity contribution is 0.102. The fourth-order valence-corrected chi connectivity index (χ4v) is 1.49. The van der Waals surface area contributed by atoms with Crippen molar-refractivity contribution in [2.75, 3.05) is 5.32 Å². The van der Waals surface area contributed by atoms with E-state index < -0.39 is 5.91 Å². The summed E-state index contributed by atoms with van der Waals surface area (Å²) in [5.74, 6) is -0.797. The number of nitrogens with one attached hydrogen (secondary N) is 1. The van der Waals surface area contributed by atoms with Crippen LogP contribution in [0.25, 0.3) is 0 Å². The van der Waals surface area contributed by atoms with E-state index in [0.717, 1.165) is 6.07 Å². The molecule has 0 saturated heterocycles. The van der Waals surface area contributed by atoms with Crippen molar-refractivity contribution in [3.8, 4) is 11.5 Å². The van der Waals surface area contributed by atoms with Crippen LogP contribution in [0, 0.1) is 0 Å². The van der Waals surface area contributed by atoms with Crippen molar-refractivity contribution in [1.82, 2.24) is 4.98 Å². The number of benzene rings is 1. The number of anilines is 1. The average Bonchev–Trinajstić information content (AvgIpc) is 2.32. The highest BCUT2D eigenvalue weighted by Gasteiger charge is 2.09. The van der Waals surface area contributed by atoms with Gasteiger partial charge in [0.25, 0.3) is 5.91 Å². The zero-order chi connectivity index (χ0) is 13.1. The van der Waals surface area contributed by atoms with Crippen molar-refractivity contribution >= 4 is 23.3 Å². The molecule has 18 heavy (non-hydrogen) atoms. The molecule has 1 aromatic carbocycles. The molecule has 0 fully saturated rings. The molecule has 2 rings (SSSR count). The minimum absolute atomic E-state index is 0.201. The Morgan fingerprint density at radius 3 is 2.61 bits per heavy atom. The van der Waals surface area contributed by atoms with Gasteiger partial charge in [-0.3, -0.25) is 4.79 Å². The van der Waals surface area contributed by atoms with Crippen LogP contribution in [0.4, 0.5) is 5.82 Å². The van der Waals surface area contributed by atoms with E-state index in [1.807, 2.05) is 0 Å². The van der Waals surface area contributed by atoms with Crippen LogP contribution in [0.5, 0.6) is 11.5 Å². The van der Waals surface area contributed by atoms with E-state index >= 15 is 0 Å². The van der Waals surface area contributed by atoms with E-state index in [2.05, 4.69) is 10.3 Å². The number of halogens is 1. The van der Waals surface area contributed by atoms with Gasteiger partial charge in [-0.05, 0) is 30.3 Å². The number of aromatic nitrogens is 1. The summed E-state index contributed by atoms with van der Waals surface area (Å²) in [6.07, 6.45) is 1.46. The standard InChI is InChI=1S/C12H9ClN2O3/c13-8-3-4-14-11(6-8)15-12(18)7-1-2-9(16)10(17)5-7/h1-6,16-17H,(H,14,15,18). The normalized spacial score (nSPS) is 10.1. The van der Waals surface area contributed by atoms with Gasteiger partial charge in [-0.1, -0.05) is 11.6 Å². The highest BCUT2D eigenvalue weighted by atomic mass is 35.5. The van der Waals surface area contributed by atoms with Crippen LogP contribution < -0.4 is 5.32 Å². The summed E-state index contributed by atoms with van der Waals surface area (Å²) >= 11 is 5.76. The first-order chi connectivity index (χ1) is 8.56. The Hall–Kier alpha value is -2.27. The molecular weight excluding hydrogens is 256 g/mol. The molecule has 0 unspecified atom stereocenters. The van der Waals surface area contributed by atoms with Crippen molar-refractivity contribution in [3.63, 3.8) is 0 Å². The molecule has 1 heterocycles. The molecule has 2 aromatic rings.